The van der Waals surface area contributed by atoms with Crippen molar-refractivity contribution in [3.05, 3.63) is 11.5 Å². The third kappa shape index (κ3) is 2.86. The van der Waals surface area contributed by atoms with Crippen LogP contribution < -0.4 is 0 Å². The van der Waals surface area contributed by atoms with Crippen LogP contribution in [-0.4, -0.2) is 39.8 Å². The number of carbonyl (C=O) groups excluding carboxylic acids is 1. The average molecular weight is 232 g/mol. The van der Waals surface area contributed by atoms with Crippen molar-refractivity contribution in [2.24, 2.45) is 0 Å². The molecular formula is C10H16O6. The normalized spacial score (nSPS) is 24.4. The van der Waals surface area contributed by atoms with Crippen LogP contribution in [0.25, 0.3) is 0 Å². The van der Waals surface area contributed by atoms with Crippen LogP contribution in [0.2, 0.25) is 0 Å². The van der Waals surface area contributed by atoms with Gasteiger partial charge >= 0.3 is 5.97 Å². The Morgan fingerprint density at radius 2 is 2.12 bits per heavy atom. The monoisotopic (exact) mass is 232 g/mol. The van der Waals surface area contributed by atoms with Crippen molar-refractivity contribution in [3.63, 3.8) is 0 Å². The van der Waals surface area contributed by atoms with E-state index in [2.05, 4.69) is 4.74 Å². The Bertz CT molecular complexity index is 306. The molecule has 0 radical (unpaired) electrons. The molecule has 1 aliphatic heterocycles. The standard InChI is InChI=1S/C10H16O6/c1-3-10(2,14)15-5-4-6-7(11)8(12)9(13)16-6/h6,11-12,14H,3-5H2,1-2H3. The molecule has 0 amide bonds. The number of rotatable bonds is 5. The Morgan fingerprint density at radius 3 is 2.56 bits per heavy atom. The van der Waals surface area contributed by atoms with E-state index < -0.39 is 29.4 Å². The third-order valence-electron chi connectivity index (χ3n) is 2.44. The quantitative estimate of drug-likeness (QED) is 0.478. The summed E-state index contributed by atoms with van der Waals surface area (Å²) in [5, 5.41) is 27.8. The molecule has 1 rings (SSSR count). The van der Waals surface area contributed by atoms with Crippen molar-refractivity contribution in [3.8, 4) is 0 Å². The lowest BCUT2D eigenvalue weighted by atomic mass is 10.2. The molecule has 0 aromatic carbocycles. The summed E-state index contributed by atoms with van der Waals surface area (Å²) in [7, 11) is 0. The minimum Gasteiger partial charge on any atom is -0.505 e. The first-order valence-electron chi connectivity index (χ1n) is 5.07. The SMILES string of the molecule is CCC(C)(O)OCCC1OC(=O)C(O)=C1O. The Kier molecular flexibility index (Phi) is 3.77. The highest BCUT2D eigenvalue weighted by atomic mass is 16.6. The van der Waals surface area contributed by atoms with Gasteiger partial charge in [-0.15, -0.1) is 0 Å². The van der Waals surface area contributed by atoms with Gasteiger partial charge in [-0.2, -0.15) is 0 Å². The van der Waals surface area contributed by atoms with E-state index in [-0.39, 0.29) is 13.0 Å². The molecule has 6 nitrogen and oxygen atoms in total. The van der Waals surface area contributed by atoms with Crippen LogP contribution in [0.5, 0.6) is 0 Å². The molecule has 0 saturated heterocycles. The summed E-state index contributed by atoms with van der Waals surface area (Å²) in [6.45, 7) is 3.38. The number of ether oxygens (including phenoxy) is 2. The summed E-state index contributed by atoms with van der Waals surface area (Å²) in [5.41, 5.74) is 0. The number of carbonyl (C=O) groups is 1. The van der Waals surface area contributed by atoms with Gasteiger partial charge in [-0.3, -0.25) is 0 Å². The largest absolute Gasteiger partial charge is 0.505 e. The molecule has 6 heteroatoms. The van der Waals surface area contributed by atoms with Crippen molar-refractivity contribution in [2.45, 2.75) is 38.6 Å². The molecule has 0 aromatic heterocycles. The van der Waals surface area contributed by atoms with Crippen LogP contribution in [0.4, 0.5) is 0 Å². The lowest BCUT2D eigenvalue weighted by Gasteiger charge is -2.22. The minimum atomic E-state index is -1.23. The number of cyclic esters (lactones) is 1. The summed E-state index contributed by atoms with van der Waals surface area (Å²) in [6, 6.07) is 0. The van der Waals surface area contributed by atoms with Gasteiger partial charge in [0.2, 0.25) is 5.76 Å². The molecule has 0 saturated carbocycles. The zero-order valence-corrected chi connectivity index (χ0v) is 9.27. The maximum atomic E-state index is 10.8. The van der Waals surface area contributed by atoms with Crippen molar-refractivity contribution in [1.82, 2.24) is 0 Å². The summed E-state index contributed by atoms with van der Waals surface area (Å²) >= 11 is 0. The Balaban J connectivity index is 2.39. The molecule has 3 N–H and O–H groups in total. The number of hydrogen-bond donors (Lipinski definition) is 3. The zero-order chi connectivity index (χ0) is 12.3. The minimum absolute atomic E-state index is 0.107. The second-order valence-electron chi connectivity index (χ2n) is 3.79. The van der Waals surface area contributed by atoms with Gasteiger partial charge in [-0.05, 0) is 13.3 Å². The summed E-state index contributed by atoms with van der Waals surface area (Å²) in [6.07, 6.45) is -0.289. The topological polar surface area (TPSA) is 96.2 Å². The van der Waals surface area contributed by atoms with Crippen molar-refractivity contribution < 1.29 is 29.6 Å². The molecule has 0 bridgehead atoms. The molecule has 0 aromatic rings. The molecule has 2 atom stereocenters. The fourth-order valence-corrected chi connectivity index (χ4v) is 1.18. The van der Waals surface area contributed by atoms with E-state index in [9.17, 15) is 15.0 Å². The molecule has 0 spiro atoms. The Labute approximate surface area is 93.1 Å². The summed E-state index contributed by atoms with van der Waals surface area (Å²) in [4.78, 5) is 10.8. The van der Waals surface area contributed by atoms with Crippen LogP contribution in [0, 0.1) is 0 Å². The highest BCUT2D eigenvalue weighted by Crippen LogP contribution is 2.22. The van der Waals surface area contributed by atoms with Crippen LogP contribution in [-0.2, 0) is 14.3 Å². The lowest BCUT2D eigenvalue weighted by Crippen LogP contribution is -2.29. The van der Waals surface area contributed by atoms with Gasteiger partial charge in [-0.1, -0.05) is 6.92 Å². The first-order chi connectivity index (χ1) is 7.37. The zero-order valence-electron chi connectivity index (χ0n) is 9.27. The van der Waals surface area contributed by atoms with Gasteiger partial charge < -0.3 is 24.8 Å². The summed E-state index contributed by atoms with van der Waals surface area (Å²) in [5.74, 6) is -3.41. The Hall–Kier alpha value is -1.27. The molecule has 92 valence electrons. The number of aliphatic hydroxyl groups excluding tert-OH is 2. The van der Waals surface area contributed by atoms with Gasteiger partial charge in [0, 0.05) is 6.42 Å². The highest BCUT2D eigenvalue weighted by Gasteiger charge is 2.34. The van der Waals surface area contributed by atoms with E-state index in [1.807, 2.05) is 0 Å². The van der Waals surface area contributed by atoms with E-state index in [1.54, 1.807) is 6.92 Å². The van der Waals surface area contributed by atoms with E-state index in [0.717, 1.165) is 0 Å². The smallest absolute Gasteiger partial charge is 0.377 e. The highest BCUT2D eigenvalue weighted by molar-refractivity contribution is 5.88. The van der Waals surface area contributed by atoms with E-state index >= 15 is 0 Å². The molecule has 2 unspecified atom stereocenters. The molecular weight excluding hydrogens is 216 g/mol. The van der Waals surface area contributed by atoms with Crippen LogP contribution in [0.1, 0.15) is 26.7 Å². The van der Waals surface area contributed by atoms with E-state index in [4.69, 9.17) is 9.84 Å². The summed E-state index contributed by atoms with van der Waals surface area (Å²) < 4.78 is 9.77. The van der Waals surface area contributed by atoms with Crippen molar-refractivity contribution in [1.29, 1.82) is 0 Å². The van der Waals surface area contributed by atoms with E-state index in [1.165, 1.54) is 6.92 Å². The van der Waals surface area contributed by atoms with Gasteiger partial charge in [0.1, 0.15) is 0 Å². The molecule has 16 heavy (non-hydrogen) atoms. The first kappa shape index (κ1) is 12.8. The van der Waals surface area contributed by atoms with Crippen LogP contribution >= 0.6 is 0 Å². The van der Waals surface area contributed by atoms with Crippen LogP contribution in [0.15, 0.2) is 11.5 Å². The number of aliphatic hydroxyl groups is 3. The first-order valence-corrected chi connectivity index (χ1v) is 5.07. The molecule has 1 heterocycles. The molecule has 1 aliphatic rings. The van der Waals surface area contributed by atoms with Gasteiger partial charge in [0.05, 0.1) is 6.61 Å². The van der Waals surface area contributed by atoms with Gasteiger partial charge in [0.25, 0.3) is 0 Å². The van der Waals surface area contributed by atoms with Gasteiger partial charge in [0.15, 0.2) is 17.7 Å². The van der Waals surface area contributed by atoms with Crippen molar-refractivity contribution in [2.75, 3.05) is 6.61 Å². The van der Waals surface area contributed by atoms with Crippen molar-refractivity contribution >= 4 is 5.97 Å². The predicted octanol–water partition coefficient (Wildman–Crippen LogP) is 0.765. The van der Waals surface area contributed by atoms with E-state index in [0.29, 0.717) is 6.42 Å². The molecule has 0 fully saturated rings. The lowest BCUT2D eigenvalue weighted by molar-refractivity contribution is -0.194. The second kappa shape index (κ2) is 4.71. The maximum Gasteiger partial charge on any atom is 0.377 e. The second-order valence-corrected chi connectivity index (χ2v) is 3.79. The van der Waals surface area contributed by atoms with Crippen LogP contribution in [0.3, 0.4) is 0 Å². The predicted molar refractivity (Wildman–Crippen MR) is 53.6 cm³/mol. The Morgan fingerprint density at radius 1 is 1.50 bits per heavy atom. The molecule has 0 aliphatic carbocycles. The average Bonchev–Trinajstić information content (AvgIpc) is 2.46. The number of esters is 1. The third-order valence-corrected chi connectivity index (χ3v) is 2.44. The fourth-order valence-electron chi connectivity index (χ4n) is 1.18. The maximum absolute atomic E-state index is 10.8. The van der Waals surface area contributed by atoms with Gasteiger partial charge in [-0.25, -0.2) is 4.79 Å². The number of hydrogen-bond acceptors (Lipinski definition) is 6. The fraction of sp³-hybridized carbons (Fsp3) is 0.700.